The average Bonchev–Trinajstić information content (AvgIpc) is 3.24. The first-order valence-electron chi connectivity index (χ1n) is 8.16. The van der Waals surface area contributed by atoms with Gasteiger partial charge < -0.3 is 25.3 Å². The molecule has 2 saturated heterocycles. The Bertz CT molecular complexity index is 586. The third kappa shape index (κ3) is 3.34. The maximum absolute atomic E-state index is 12.5. The summed E-state index contributed by atoms with van der Waals surface area (Å²) in [5.74, 6) is -0.429. The molecule has 2 aliphatic rings. The summed E-state index contributed by atoms with van der Waals surface area (Å²) in [5.41, 5.74) is 6.40. The second kappa shape index (κ2) is 6.62. The van der Waals surface area contributed by atoms with E-state index in [4.69, 9.17) is 10.5 Å². The quantitative estimate of drug-likeness (QED) is 0.864. The van der Waals surface area contributed by atoms with Crippen LogP contribution in [0.3, 0.4) is 0 Å². The van der Waals surface area contributed by atoms with Gasteiger partial charge in [-0.25, -0.2) is 4.79 Å². The highest BCUT2D eigenvalue weighted by Gasteiger charge is 2.33. The summed E-state index contributed by atoms with van der Waals surface area (Å²) in [6.07, 6.45) is 4.72. The van der Waals surface area contributed by atoms with Crippen LogP contribution in [0.1, 0.15) is 37.4 Å². The van der Waals surface area contributed by atoms with Gasteiger partial charge in [-0.3, -0.25) is 4.79 Å². The number of primary amides is 1. The van der Waals surface area contributed by atoms with E-state index in [-0.39, 0.29) is 18.2 Å². The lowest BCUT2D eigenvalue weighted by atomic mass is 10.1. The van der Waals surface area contributed by atoms with Crippen LogP contribution in [0.15, 0.2) is 18.3 Å². The number of nitrogens with zero attached hydrogens (tertiary/aromatic N) is 2. The normalized spacial score (nSPS) is 27.3. The van der Waals surface area contributed by atoms with E-state index in [0.717, 1.165) is 31.5 Å². The number of rotatable bonds is 4. The van der Waals surface area contributed by atoms with Gasteiger partial charge in [-0.1, -0.05) is 0 Å². The zero-order chi connectivity index (χ0) is 16.4. The molecular formula is C16H24N4O3. The van der Waals surface area contributed by atoms with Crippen molar-refractivity contribution in [3.05, 3.63) is 24.0 Å². The van der Waals surface area contributed by atoms with Crippen molar-refractivity contribution >= 4 is 11.9 Å². The average molecular weight is 320 g/mol. The lowest BCUT2D eigenvalue weighted by Gasteiger charge is -2.26. The molecule has 126 valence electrons. The molecule has 0 aromatic carbocycles. The minimum Gasteiger partial charge on any atom is -0.367 e. The number of carbonyl (C=O) groups is 2. The van der Waals surface area contributed by atoms with Crippen LogP contribution in [0.2, 0.25) is 0 Å². The minimum absolute atomic E-state index is 0.0696. The fourth-order valence-electron chi connectivity index (χ4n) is 3.51. The van der Waals surface area contributed by atoms with Crippen molar-refractivity contribution in [3.8, 4) is 0 Å². The molecule has 7 heteroatoms. The maximum Gasteiger partial charge on any atom is 0.318 e. The van der Waals surface area contributed by atoms with Crippen molar-refractivity contribution in [2.75, 3.05) is 13.1 Å². The second-order valence-corrected chi connectivity index (χ2v) is 6.31. The van der Waals surface area contributed by atoms with Gasteiger partial charge in [0.1, 0.15) is 6.10 Å². The number of hydrogen-bond donors (Lipinski definition) is 2. The van der Waals surface area contributed by atoms with E-state index in [9.17, 15) is 9.59 Å². The first kappa shape index (κ1) is 15.9. The van der Waals surface area contributed by atoms with Crippen molar-refractivity contribution < 1.29 is 14.3 Å². The first-order chi connectivity index (χ1) is 11.1. The lowest BCUT2D eigenvalue weighted by molar-refractivity contribution is -0.128. The van der Waals surface area contributed by atoms with E-state index in [1.807, 2.05) is 24.2 Å². The number of nitrogens with two attached hydrogens (primary N) is 1. The maximum atomic E-state index is 12.5. The van der Waals surface area contributed by atoms with Gasteiger partial charge in [0.25, 0.3) is 0 Å². The molecule has 0 saturated carbocycles. The zero-order valence-corrected chi connectivity index (χ0v) is 13.4. The molecule has 0 spiro atoms. The molecular weight excluding hydrogens is 296 g/mol. The van der Waals surface area contributed by atoms with E-state index >= 15 is 0 Å². The third-order valence-electron chi connectivity index (χ3n) is 4.74. The van der Waals surface area contributed by atoms with Gasteiger partial charge in [-0.15, -0.1) is 0 Å². The van der Waals surface area contributed by atoms with Crippen molar-refractivity contribution in [1.82, 2.24) is 14.8 Å². The van der Waals surface area contributed by atoms with Crippen LogP contribution < -0.4 is 11.1 Å². The molecule has 2 fully saturated rings. The van der Waals surface area contributed by atoms with Gasteiger partial charge in [-0.2, -0.15) is 0 Å². The Morgan fingerprint density at radius 1 is 1.39 bits per heavy atom. The Labute approximate surface area is 135 Å². The van der Waals surface area contributed by atoms with Crippen LogP contribution in [-0.4, -0.2) is 46.7 Å². The van der Waals surface area contributed by atoms with E-state index in [1.54, 1.807) is 0 Å². The predicted octanol–water partition coefficient (Wildman–Crippen LogP) is 0.904. The standard InChI is InChI=1S/C16H24N4O3/c1-19-8-2-4-12(19)13-5-3-9-20(13)16(22)18-10-11-6-7-14(23-11)15(17)21/h2,4,8,11,13-14H,3,5-7,9-10H2,1H3,(H2,17,21)(H,18,22). The molecule has 1 aromatic heterocycles. The number of amides is 3. The Morgan fingerprint density at radius 2 is 2.22 bits per heavy atom. The molecule has 3 unspecified atom stereocenters. The minimum atomic E-state index is -0.514. The molecule has 2 aliphatic heterocycles. The molecule has 0 bridgehead atoms. The third-order valence-corrected chi connectivity index (χ3v) is 4.74. The number of aromatic nitrogens is 1. The van der Waals surface area contributed by atoms with Crippen molar-refractivity contribution in [3.63, 3.8) is 0 Å². The molecule has 0 radical (unpaired) electrons. The number of carbonyl (C=O) groups excluding carboxylic acids is 2. The summed E-state index contributed by atoms with van der Waals surface area (Å²) in [4.78, 5) is 25.5. The fraction of sp³-hybridized carbons (Fsp3) is 0.625. The van der Waals surface area contributed by atoms with E-state index in [0.29, 0.717) is 13.0 Å². The zero-order valence-electron chi connectivity index (χ0n) is 13.4. The number of likely N-dealkylation sites (tertiary alicyclic amines) is 1. The lowest BCUT2D eigenvalue weighted by Crippen LogP contribution is -2.43. The van der Waals surface area contributed by atoms with Gasteiger partial charge in [-0.05, 0) is 37.8 Å². The summed E-state index contributed by atoms with van der Waals surface area (Å²) in [6, 6.07) is 4.12. The van der Waals surface area contributed by atoms with E-state index in [1.165, 1.54) is 0 Å². The van der Waals surface area contributed by atoms with E-state index < -0.39 is 12.0 Å². The fourth-order valence-corrected chi connectivity index (χ4v) is 3.51. The summed E-state index contributed by atoms with van der Waals surface area (Å²) < 4.78 is 7.61. The molecule has 0 aliphatic carbocycles. The van der Waals surface area contributed by atoms with Crippen LogP contribution in [0.4, 0.5) is 4.79 Å². The SMILES string of the molecule is Cn1cccc1C1CCCN1C(=O)NCC1CCC(C(N)=O)O1. The Hall–Kier alpha value is -2.02. The summed E-state index contributed by atoms with van der Waals surface area (Å²) >= 11 is 0. The Morgan fingerprint density at radius 3 is 2.87 bits per heavy atom. The Kier molecular flexibility index (Phi) is 4.56. The number of ether oxygens (including phenoxy) is 1. The smallest absolute Gasteiger partial charge is 0.318 e. The van der Waals surface area contributed by atoms with Gasteiger partial charge in [0.15, 0.2) is 0 Å². The molecule has 23 heavy (non-hydrogen) atoms. The Balaban J connectivity index is 1.54. The highest BCUT2D eigenvalue weighted by molar-refractivity contribution is 5.79. The number of nitrogens with one attached hydrogen (secondary N) is 1. The number of urea groups is 1. The van der Waals surface area contributed by atoms with Crippen molar-refractivity contribution in [2.45, 2.75) is 43.9 Å². The molecule has 1 aromatic rings. The molecule has 3 rings (SSSR count). The predicted molar refractivity (Wildman–Crippen MR) is 84.6 cm³/mol. The molecule has 3 heterocycles. The molecule has 3 atom stereocenters. The largest absolute Gasteiger partial charge is 0.367 e. The highest BCUT2D eigenvalue weighted by atomic mass is 16.5. The summed E-state index contributed by atoms with van der Waals surface area (Å²) in [7, 11) is 2.00. The van der Waals surface area contributed by atoms with Crippen LogP contribution in [0, 0.1) is 0 Å². The first-order valence-corrected chi connectivity index (χ1v) is 8.16. The van der Waals surface area contributed by atoms with Crippen LogP contribution in [-0.2, 0) is 16.6 Å². The highest BCUT2D eigenvalue weighted by Crippen LogP contribution is 2.31. The van der Waals surface area contributed by atoms with E-state index in [2.05, 4.69) is 16.0 Å². The van der Waals surface area contributed by atoms with Crippen molar-refractivity contribution in [2.24, 2.45) is 12.8 Å². The molecule has 3 amide bonds. The van der Waals surface area contributed by atoms with Gasteiger partial charge in [0.2, 0.25) is 5.91 Å². The van der Waals surface area contributed by atoms with Gasteiger partial charge >= 0.3 is 6.03 Å². The van der Waals surface area contributed by atoms with Crippen LogP contribution in [0.25, 0.3) is 0 Å². The molecule has 3 N–H and O–H groups in total. The summed E-state index contributed by atoms with van der Waals surface area (Å²) in [5, 5.41) is 2.94. The summed E-state index contributed by atoms with van der Waals surface area (Å²) in [6.45, 7) is 1.18. The van der Waals surface area contributed by atoms with Gasteiger partial charge in [0.05, 0.1) is 12.1 Å². The van der Waals surface area contributed by atoms with Crippen molar-refractivity contribution in [1.29, 1.82) is 0 Å². The number of hydrogen-bond acceptors (Lipinski definition) is 3. The second-order valence-electron chi connectivity index (χ2n) is 6.31. The van der Waals surface area contributed by atoms with Crippen LogP contribution >= 0.6 is 0 Å². The monoisotopic (exact) mass is 320 g/mol. The molecule has 7 nitrogen and oxygen atoms in total. The van der Waals surface area contributed by atoms with Crippen LogP contribution in [0.5, 0.6) is 0 Å². The number of aryl methyl sites for hydroxylation is 1. The van der Waals surface area contributed by atoms with Gasteiger partial charge in [0, 0.05) is 32.0 Å². The topological polar surface area (TPSA) is 89.6 Å².